The molecule has 33 heavy (non-hydrogen) atoms. The third-order valence-electron chi connectivity index (χ3n) is 5.64. The first-order chi connectivity index (χ1) is 15.7. The van der Waals surface area contributed by atoms with E-state index >= 15 is 0 Å². The standard InChI is InChI=1S/C23H19ClN4O4S/c1-12-26-22(29)19-18(13-6-8-14(24)9-7-13)16-11-17(33(30,31)28(2)3)15-5-4-10-25-20(15)21(16)32-23(19)27-12/h4-11,18H,1-3H3,(H,26,27,29). The van der Waals surface area contributed by atoms with Crippen LogP contribution in [-0.4, -0.2) is 41.8 Å². The number of hydrogen-bond donors (Lipinski definition) is 1. The second kappa shape index (κ2) is 7.65. The average molecular weight is 483 g/mol. The van der Waals surface area contributed by atoms with Crippen LogP contribution in [-0.2, 0) is 10.0 Å². The topological polar surface area (TPSA) is 105 Å². The molecule has 0 aliphatic carbocycles. The van der Waals surface area contributed by atoms with E-state index in [1.54, 1.807) is 55.6 Å². The minimum absolute atomic E-state index is 0.0804. The minimum Gasteiger partial charge on any atom is -0.436 e. The van der Waals surface area contributed by atoms with Crippen molar-refractivity contribution >= 4 is 32.5 Å². The molecular weight excluding hydrogens is 464 g/mol. The van der Waals surface area contributed by atoms with Crippen molar-refractivity contribution < 1.29 is 13.2 Å². The van der Waals surface area contributed by atoms with Gasteiger partial charge in [0.1, 0.15) is 11.3 Å². The SMILES string of the molecule is Cc1nc2c(c(=O)[nH]1)C(c1ccc(Cl)cc1)c1cc(S(=O)(=O)N(C)C)c3cccnc3c1O2. The molecule has 1 atom stereocenters. The second-order valence-electron chi connectivity index (χ2n) is 7.94. The maximum atomic E-state index is 13.2. The van der Waals surface area contributed by atoms with E-state index in [2.05, 4.69) is 15.0 Å². The van der Waals surface area contributed by atoms with Crippen molar-refractivity contribution in [1.29, 1.82) is 0 Å². The molecule has 2 aromatic carbocycles. The van der Waals surface area contributed by atoms with E-state index in [4.69, 9.17) is 16.3 Å². The van der Waals surface area contributed by atoms with Crippen molar-refractivity contribution in [3.05, 3.63) is 86.6 Å². The third-order valence-corrected chi connectivity index (χ3v) is 7.74. The fourth-order valence-electron chi connectivity index (χ4n) is 4.09. The van der Waals surface area contributed by atoms with Crippen LogP contribution >= 0.6 is 11.6 Å². The Labute approximate surface area is 194 Å². The van der Waals surface area contributed by atoms with Crippen LogP contribution in [0.25, 0.3) is 10.9 Å². The Kier molecular flexibility index (Phi) is 5.00. The predicted octanol–water partition coefficient (Wildman–Crippen LogP) is 3.82. The van der Waals surface area contributed by atoms with Gasteiger partial charge in [-0.25, -0.2) is 12.7 Å². The van der Waals surface area contributed by atoms with E-state index in [-0.39, 0.29) is 16.3 Å². The number of aromatic amines is 1. The van der Waals surface area contributed by atoms with Crippen LogP contribution in [0.2, 0.25) is 5.02 Å². The Hall–Kier alpha value is -3.27. The first-order valence-electron chi connectivity index (χ1n) is 10.1. The molecule has 5 rings (SSSR count). The van der Waals surface area contributed by atoms with Crippen LogP contribution in [0.15, 0.2) is 58.4 Å². The highest BCUT2D eigenvalue weighted by Crippen LogP contribution is 2.49. The first-order valence-corrected chi connectivity index (χ1v) is 11.9. The molecule has 0 bridgehead atoms. The van der Waals surface area contributed by atoms with Crippen LogP contribution in [0.4, 0.5) is 0 Å². The Balaban J connectivity index is 1.92. The van der Waals surface area contributed by atoms with Gasteiger partial charge in [0.05, 0.1) is 10.5 Å². The number of halogens is 1. The lowest BCUT2D eigenvalue weighted by molar-refractivity contribution is 0.432. The van der Waals surface area contributed by atoms with E-state index in [0.717, 1.165) is 9.87 Å². The molecule has 3 heterocycles. The molecular formula is C23H19ClN4O4S. The number of hydrogen-bond acceptors (Lipinski definition) is 6. The molecule has 0 saturated heterocycles. The van der Waals surface area contributed by atoms with Gasteiger partial charge >= 0.3 is 0 Å². The maximum Gasteiger partial charge on any atom is 0.258 e. The zero-order valence-electron chi connectivity index (χ0n) is 18.0. The number of sulfonamides is 1. The third kappa shape index (κ3) is 3.40. The number of ether oxygens (including phenoxy) is 1. The van der Waals surface area contributed by atoms with Crippen molar-refractivity contribution in [3.63, 3.8) is 0 Å². The number of nitrogens with zero attached hydrogens (tertiary/aromatic N) is 3. The second-order valence-corrected chi connectivity index (χ2v) is 10.5. The number of aryl methyl sites for hydroxylation is 1. The lowest BCUT2D eigenvalue weighted by Crippen LogP contribution is -2.26. The fourth-order valence-corrected chi connectivity index (χ4v) is 5.33. The monoisotopic (exact) mass is 482 g/mol. The van der Waals surface area contributed by atoms with Crippen LogP contribution in [0.3, 0.4) is 0 Å². The van der Waals surface area contributed by atoms with Crippen molar-refractivity contribution in [2.45, 2.75) is 17.7 Å². The van der Waals surface area contributed by atoms with Crippen molar-refractivity contribution in [1.82, 2.24) is 19.3 Å². The van der Waals surface area contributed by atoms with Gasteiger partial charge in [-0.3, -0.25) is 9.78 Å². The van der Waals surface area contributed by atoms with Gasteiger partial charge in [0, 0.05) is 42.2 Å². The summed E-state index contributed by atoms with van der Waals surface area (Å²) in [5, 5.41) is 0.961. The predicted molar refractivity (Wildman–Crippen MR) is 125 cm³/mol. The number of rotatable bonds is 3. The number of aromatic nitrogens is 3. The van der Waals surface area contributed by atoms with Gasteiger partial charge in [0.15, 0.2) is 5.75 Å². The lowest BCUT2D eigenvalue weighted by Gasteiger charge is -2.29. The number of fused-ring (bicyclic) bond motifs is 4. The Morgan fingerprint density at radius 3 is 2.58 bits per heavy atom. The fraction of sp³-hybridized carbons (Fsp3) is 0.174. The van der Waals surface area contributed by atoms with Crippen LogP contribution in [0.1, 0.15) is 28.4 Å². The highest BCUT2D eigenvalue weighted by molar-refractivity contribution is 7.89. The van der Waals surface area contributed by atoms with Gasteiger partial charge in [0.25, 0.3) is 5.56 Å². The Morgan fingerprint density at radius 1 is 1.15 bits per heavy atom. The van der Waals surface area contributed by atoms with E-state index in [1.807, 2.05) is 0 Å². The normalized spacial score (nSPS) is 15.2. The molecule has 0 amide bonds. The first kappa shape index (κ1) is 21.6. The van der Waals surface area contributed by atoms with Crippen molar-refractivity contribution in [3.8, 4) is 11.6 Å². The van der Waals surface area contributed by atoms with E-state index in [1.165, 1.54) is 14.1 Å². The van der Waals surface area contributed by atoms with Crippen LogP contribution in [0, 0.1) is 6.92 Å². The lowest BCUT2D eigenvalue weighted by atomic mass is 9.83. The van der Waals surface area contributed by atoms with Gasteiger partial charge in [-0.05, 0) is 42.8 Å². The molecule has 168 valence electrons. The van der Waals surface area contributed by atoms with Crippen molar-refractivity contribution in [2.75, 3.05) is 14.1 Å². The molecule has 1 aliphatic rings. The van der Waals surface area contributed by atoms with Gasteiger partial charge in [-0.2, -0.15) is 4.98 Å². The summed E-state index contributed by atoms with van der Waals surface area (Å²) in [5.41, 5.74) is 1.55. The van der Waals surface area contributed by atoms with E-state index < -0.39 is 15.9 Å². The van der Waals surface area contributed by atoms with Gasteiger partial charge in [-0.1, -0.05) is 23.7 Å². The molecule has 0 radical (unpaired) electrons. The molecule has 1 unspecified atom stereocenters. The smallest absolute Gasteiger partial charge is 0.258 e. The quantitative estimate of drug-likeness (QED) is 0.419. The molecule has 8 nitrogen and oxygen atoms in total. The minimum atomic E-state index is -3.83. The number of H-pyrrole nitrogens is 1. The number of pyridine rings is 1. The van der Waals surface area contributed by atoms with Crippen LogP contribution < -0.4 is 10.3 Å². The van der Waals surface area contributed by atoms with Gasteiger partial charge in [-0.15, -0.1) is 0 Å². The maximum absolute atomic E-state index is 13.2. The molecule has 0 fully saturated rings. The largest absolute Gasteiger partial charge is 0.436 e. The zero-order chi connectivity index (χ0) is 23.5. The summed E-state index contributed by atoms with van der Waals surface area (Å²) in [6.07, 6.45) is 1.57. The summed E-state index contributed by atoms with van der Waals surface area (Å²) in [4.78, 5) is 24.7. The van der Waals surface area contributed by atoms with E-state index in [0.29, 0.717) is 38.6 Å². The summed E-state index contributed by atoms with van der Waals surface area (Å²) >= 11 is 6.10. The van der Waals surface area contributed by atoms with Gasteiger partial charge < -0.3 is 9.72 Å². The van der Waals surface area contributed by atoms with Crippen LogP contribution in [0.5, 0.6) is 11.6 Å². The molecule has 1 N–H and O–H groups in total. The summed E-state index contributed by atoms with van der Waals surface area (Å²) in [5.74, 6) is 0.300. The van der Waals surface area contributed by atoms with Gasteiger partial charge in [0.2, 0.25) is 15.9 Å². The zero-order valence-corrected chi connectivity index (χ0v) is 19.5. The summed E-state index contributed by atoms with van der Waals surface area (Å²) < 4.78 is 33.7. The molecule has 0 spiro atoms. The summed E-state index contributed by atoms with van der Waals surface area (Å²) in [6, 6.07) is 12.0. The molecule has 4 aromatic rings. The molecule has 1 aliphatic heterocycles. The number of nitrogens with one attached hydrogen (secondary N) is 1. The van der Waals surface area contributed by atoms with Crippen molar-refractivity contribution in [2.24, 2.45) is 0 Å². The molecule has 10 heteroatoms. The number of benzene rings is 2. The van der Waals surface area contributed by atoms with E-state index in [9.17, 15) is 13.2 Å². The molecule has 0 saturated carbocycles. The summed E-state index contributed by atoms with van der Waals surface area (Å²) in [6.45, 7) is 1.67. The Bertz CT molecular complexity index is 1580. The summed E-state index contributed by atoms with van der Waals surface area (Å²) in [7, 11) is -0.890. The average Bonchev–Trinajstić information content (AvgIpc) is 2.77. The molecule has 2 aromatic heterocycles. The highest BCUT2D eigenvalue weighted by atomic mass is 35.5. The Morgan fingerprint density at radius 2 is 1.88 bits per heavy atom. The highest BCUT2D eigenvalue weighted by Gasteiger charge is 2.36.